The molecule has 2 aromatic carbocycles. The Balaban J connectivity index is 1.51. The lowest BCUT2D eigenvalue weighted by atomic mass is 10.1. The summed E-state index contributed by atoms with van der Waals surface area (Å²) < 4.78 is 45.1. The van der Waals surface area contributed by atoms with E-state index >= 15 is 0 Å². The van der Waals surface area contributed by atoms with Crippen molar-refractivity contribution < 1.29 is 27.5 Å². The molecule has 40 heavy (non-hydrogen) atoms. The summed E-state index contributed by atoms with van der Waals surface area (Å²) in [7, 11) is 0. The molecular formula is C29H32F3N5O3. The molecule has 0 unspecified atom stereocenters. The number of alkyl carbamates (subject to hydrolysis) is 1. The van der Waals surface area contributed by atoms with E-state index in [0.29, 0.717) is 48.0 Å². The molecule has 0 radical (unpaired) electrons. The maximum atomic E-state index is 13.4. The molecule has 0 fully saturated rings. The molecule has 0 saturated heterocycles. The fraction of sp³-hybridized carbons (Fsp3) is 0.345. The molecular weight excluding hydrogens is 523 g/mol. The molecule has 2 heterocycles. The van der Waals surface area contributed by atoms with Gasteiger partial charge in [0.05, 0.1) is 16.9 Å². The summed E-state index contributed by atoms with van der Waals surface area (Å²) in [5.74, 6) is 0.338. The van der Waals surface area contributed by atoms with Crippen LogP contribution < -0.4 is 20.9 Å². The molecule has 4 rings (SSSR count). The normalized spacial score (nSPS) is 13.8. The average Bonchev–Trinajstić information content (AvgIpc) is 2.87. The summed E-state index contributed by atoms with van der Waals surface area (Å²) >= 11 is 0. The van der Waals surface area contributed by atoms with Crippen molar-refractivity contribution in [2.45, 2.75) is 51.9 Å². The van der Waals surface area contributed by atoms with Crippen molar-refractivity contribution >= 4 is 29.3 Å². The number of rotatable bonds is 4. The number of amides is 3. The Labute approximate surface area is 230 Å². The Morgan fingerprint density at radius 3 is 2.48 bits per heavy atom. The minimum atomic E-state index is -4.48. The zero-order valence-corrected chi connectivity index (χ0v) is 22.6. The summed E-state index contributed by atoms with van der Waals surface area (Å²) in [6.45, 7) is 6.69. The number of aromatic nitrogens is 1. The number of halogens is 3. The first kappa shape index (κ1) is 28.7. The quantitative estimate of drug-likeness (QED) is 0.321. The van der Waals surface area contributed by atoms with Crippen LogP contribution in [0.1, 0.15) is 44.7 Å². The van der Waals surface area contributed by atoms with E-state index in [2.05, 4.69) is 20.9 Å². The number of hydrogen-bond donors (Lipinski definition) is 3. The van der Waals surface area contributed by atoms with Gasteiger partial charge in [-0.25, -0.2) is 14.6 Å². The van der Waals surface area contributed by atoms with Gasteiger partial charge >= 0.3 is 18.3 Å². The maximum Gasteiger partial charge on any atom is 0.416 e. The van der Waals surface area contributed by atoms with Crippen LogP contribution in [0.15, 0.2) is 60.7 Å². The number of fused-ring (bicyclic) bond motifs is 1. The number of anilines is 3. The molecule has 8 nitrogen and oxygen atoms in total. The van der Waals surface area contributed by atoms with Crippen LogP contribution in [-0.4, -0.2) is 35.8 Å². The van der Waals surface area contributed by atoms with Crippen LogP contribution in [0.25, 0.3) is 11.3 Å². The highest BCUT2D eigenvalue weighted by Gasteiger charge is 2.31. The van der Waals surface area contributed by atoms with Crippen molar-refractivity contribution in [2.75, 3.05) is 28.6 Å². The maximum absolute atomic E-state index is 13.4. The van der Waals surface area contributed by atoms with Crippen LogP contribution in [-0.2, 0) is 17.5 Å². The fourth-order valence-electron chi connectivity index (χ4n) is 4.11. The first-order valence-electron chi connectivity index (χ1n) is 13.0. The van der Waals surface area contributed by atoms with Crippen LogP contribution in [0, 0.1) is 0 Å². The topological polar surface area (TPSA) is 95.6 Å². The van der Waals surface area contributed by atoms with Crippen molar-refractivity contribution in [2.24, 2.45) is 0 Å². The number of carbonyl (C=O) groups is 2. The summed E-state index contributed by atoms with van der Waals surface area (Å²) in [5, 5.41) is 8.82. The second-order valence-corrected chi connectivity index (χ2v) is 10.4. The number of alkyl halides is 3. The Hall–Kier alpha value is -4.28. The predicted molar refractivity (Wildman–Crippen MR) is 148 cm³/mol. The molecule has 3 amide bonds. The van der Waals surface area contributed by atoms with Gasteiger partial charge in [0.1, 0.15) is 5.60 Å². The lowest BCUT2D eigenvalue weighted by Crippen LogP contribution is -2.38. The third kappa shape index (κ3) is 7.64. The lowest BCUT2D eigenvalue weighted by Gasteiger charge is -2.27. The lowest BCUT2D eigenvalue weighted by molar-refractivity contribution is -0.137. The van der Waals surface area contributed by atoms with E-state index < -0.39 is 29.5 Å². The van der Waals surface area contributed by atoms with Gasteiger partial charge in [-0.1, -0.05) is 24.3 Å². The third-order valence-electron chi connectivity index (χ3n) is 6.03. The molecule has 1 aliphatic heterocycles. The van der Waals surface area contributed by atoms with Gasteiger partial charge in [0.15, 0.2) is 5.82 Å². The molecule has 0 bridgehead atoms. The van der Waals surface area contributed by atoms with Crippen molar-refractivity contribution in [3.8, 4) is 11.3 Å². The number of hydrogen-bond acceptors (Lipinski definition) is 5. The minimum absolute atomic E-state index is 0.260. The van der Waals surface area contributed by atoms with Crippen LogP contribution in [0.5, 0.6) is 0 Å². The summed E-state index contributed by atoms with van der Waals surface area (Å²) in [6, 6.07) is 14.9. The molecule has 11 heteroatoms. The molecule has 1 aromatic heterocycles. The van der Waals surface area contributed by atoms with Crippen LogP contribution in [0.3, 0.4) is 0 Å². The molecule has 3 aromatic rings. The molecule has 1 aliphatic rings. The number of nitrogens with zero attached hydrogens (tertiary/aromatic N) is 2. The molecule has 212 valence electrons. The number of urea groups is 1. The molecule has 0 atom stereocenters. The number of carbonyl (C=O) groups excluding carboxylic acids is 2. The zero-order valence-electron chi connectivity index (χ0n) is 22.6. The zero-order chi connectivity index (χ0) is 28.9. The van der Waals surface area contributed by atoms with E-state index in [0.717, 1.165) is 24.1 Å². The van der Waals surface area contributed by atoms with Gasteiger partial charge in [-0.15, -0.1) is 0 Å². The van der Waals surface area contributed by atoms with Crippen molar-refractivity contribution in [1.82, 2.24) is 10.3 Å². The van der Waals surface area contributed by atoms with Crippen molar-refractivity contribution in [3.63, 3.8) is 0 Å². The first-order valence-corrected chi connectivity index (χ1v) is 13.0. The van der Waals surface area contributed by atoms with E-state index in [-0.39, 0.29) is 6.54 Å². The number of ether oxygens (including phenoxy) is 1. The Morgan fingerprint density at radius 1 is 1.02 bits per heavy atom. The smallest absolute Gasteiger partial charge is 0.416 e. The fourth-order valence-corrected chi connectivity index (χ4v) is 4.11. The van der Waals surface area contributed by atoms with Crippen molar-refractivity contribution in [3.05, 3.63) is 71.8 Å². The monoisotopic (exact) mass is 555 g/mol. The molecule has 3 N–H and O–H groups in total. The summed E-state index contributed by atoms with van der Waals surface area (Å²) in [4.78, 5) is 31.4. The van der Waals surface area contributed by atoms with Crippen LogP contribution in [0.2, 0.25) is 0 Å². The van der Waals surface area contributed by atoms with E-state index in [1.165, 1.54) is 11.0 Å². The van der Waals surface area contributed by atoms with Gasteiger partial charge < -0.3 is 20.7 Å². The third-order valence-corrected chi connectivity index (χ3v) is 6.03. The number of pyridine rings is 1. The predicted octanol–water partition coefficient (Wildman–Crippen LogP) is 7.04. The van der Waals surface area contributed by atoms with Crippen LogP contribution >= 0.6 is 0 Å². The van der Waals surface area contributed by atoms with Gasteiger partial charge in [0, 0.05) is 30.9 Å². The van der Waals surface area contributed by atoms with Crippen LogP contribution in [0.4, 0.5) is 40.0 Å². The molecule has 0 saturated carbocycles. The number of nitrogens with one attached hydrogen (secondary N) is 3. The van der Waals surface area contributed by atoms with Crippen molar-refractivity contribution in [1.29, 1.82) is 0 Å². The Kier molecular flexibility index (Phi) is 8.51. The van der Waals surface area contributed by atoms with Gasteiger partial charge in [-0.2, -0.15) is 13.2 Å². The average molecular weight is 556 g/mol. The highest BCUT2D eigenvalue weighted by molar-refractivity contribution is 6.03. The van der Waals surface area contributed by atoms with Gasteiger partial charge in [0.25, 0.3) is 0 Å². The Morgan fingerprint density at radius 2 is 1.77 bits per heavy atom. The number of benzene rings is 2. The van der Waals surface area contributed by atoms with Gasteiger partial charge in [-0.3, -0.25) is 4.90 Å². The Bertz CT molecular complexity index is 1350. The first-order chi connectivity index (χ1) is 18.9. The van der Waals surface area contributed by atoms with E-state index in [9.17, 15) is 22.8 Å². The molecule has 0 spiro atoms. The molecule has 0 aliphatic carbocycles. The second kappa shape index (κ2) is 11.8. The van der Waals surface area contributed by atoms with E-state index in [1.54, 1.807) is 63.2 Å². The largest absolute Gasteiger partial charge is 0.444 e. The highest BCUT2D eigenvalue weighted by atomic mass is 19.4. The SMILES string of the molecule is CC(C)(C)OC(=O)NCc1ccc(NC(=O)N2CCCCNc3ccc(-c4cccc(C(F)(F)F)c4)nc32)cc1. The van der Waals surface area contributed by atoms with E-state index in [1.807, 2.05) is 0 Å². The summed E-state index contributed by atoms with van der Waals surface area (Å²) in [5.41, 5.74) is 1.24. The second-order valence-electron chi connectivity index (χ2n) is 10.4. The van der Waals surface area contributed by atoms with Gasteiger partial charge in [-0.05, 0) is 75.6 Å². The highest BCUT2D eigenvalue weighted by Crippen LogP contribution is 2.34. The van der Waals surface area contributed by atoms with Gasteiger partial charge in [0.2, 0.25) is 0 Å². The standard InChI is InChI=1S/C29H32F3N5O3/c1-28(2,3)40-27(39)34-18-19-9-11-22(12-10-19)35-26(38)37-16-5-4-15-33-24-14-13-23(36-25(24)37)20-7-6-8-21(17-20)29(30,31)32/h6-14,17,33H,4-5,15-16,18H2,1-3H3,(H,34,39)(H,35,38). The van der Waals surface area contributed by atoms with E-state index in [4.69, 9.17) is 4.74 Å². The summed E-state index contributed by atoms with van der Waals surface area (Å²) in [6.07, 6.45) is -3.46. The minimum Gasteiger partial charge on any atom is -0.444 e.